The maximum absolute atomic E-state index is 12.7. The Hall–Kier alpha value is -4.78. The van der Waals surface area contributed by atoms with E-state index >= 15 is 0 Å². The standard InChI is InChI=1S/C27H19N3O4/c31-27(29-28-26-24-7-3-1-5-22(24)23-6-2-4-8-25(23)26)19-11-9-18(10-12-19)17-34-21-15-13-20(14-16-21)30(32)33/h1-16H,17H2,(H,29,31). The van der Waals surface area contributed by atoms with Gasteiger partial charge in [-0.05, 0) is 41.0 Å². The number of nitro groups is 1. The summed E-state index contributed by atoms with van der Waals surface area (Å²) in [5, 5.41) is 15.2. The number of benzene rings is 4. The van der Waals surface area contributed by atoms with Crippen molar-refractivity contribution < 1.29 is 14.5 Å². The summed E-state index contributed by atoms with van der Waals surface area (Å²) in [5.41, 5.74) is 8.94. The Morgan fingerprint density at radius 3 is 1.91 bits per heavy atom. The molecule has 1 aliphatic carbocycles. The largest absolute Gasteiger partial charge is 0.489 e. The molecule has 0 radical (unpaired) electrons. The van der Waals surface area contributed by atoms with E-state index in [1.54, 1.807) is 36.4 Å². The normalized spacial score (nSPS) is 11.4. The molecule has 0 aliphatic heterocycles. The number of non-ortho nitro benzene ring substituents is 1. The van der Waals surface area contributed by atoms with E-state index in [1.165, 1.54) is 12.1 Å². The van der Waals surface area contributed by atoms with E-state index in [4.69, 9.17) is 4.74 Å². The van der Waals surface area contributed by atoms with Crippen molar-refractivity contribution >= 4 is 17.3 Å². The summed E-state index contributed by atoms with van der Waals surface area (Å²) < 4.78 is 5.66. The molecular weight excluding hydrogens is 430 g/mol. The Bertz CT molecular complexity index is 1360. The highest BCUT2D eigenvalue weighted by Gasteiger charge is 2.24. The number of carbonyl (C=O) groups excluding carboxylic acids is 1. The minimum absolute atomic E-state index is 0.0101. The molecule has 0 atom stereocenters. The first-order chi connectivity index (χ1) is 16.6. The Labute approximate surface area is 195 Å². The van der Waals surface area contributed by atoms with Crippen LogP contribution in [0, 0.1) is 10.1 Å². The molecule has 0 saturated heterocycles. The van der Waals surface area contributed by atoms with Crippen molar-refractivity contribution in [1.29, 1.82) is 0 Å². The van der Waals surface area contributed by atoms with Crippen molar-refractivity contribution in [1.82, 2.24) is 5.43 Å². The lowest BCUT2D eigenvalue weighted by Crippen LogP contribution is -2.20. The second-order valence-electron chi connectivity index (χ2n) is 7.73. The predicted octanol–water partition coefficient (Wildman–Crippen LogP) is 5.34. The Kier molecular flexibility index (Phi) is 5.58. The van der Waals surface area contributed by atoms with Crippen LogP contribution in [0.4, 0.5) is 5.69 Å². The van der Waals surface area contributed by atoms with Crippen LogP contribution >= 0.6 is 0 Å². The predicted molar refractivity (Wildman–Crippen MR) is 129 cm³/mol. The van der Waals surface area contributed by atoms with E-state index in [0.29, 0.717) is 11.3 Å². The maximum Gasteiger partial charge on any atom is 0.271 e. The van der Waals surface area contributed by atoms with Gasteiger partial charge in [0.1, 0.15) is 12.4 Å². The zero-order valence-corrected chi connectivity index (χ0v) is 18.0. The quantitative estimate of drug-likeness (QED) is 0.280. The fourth-order valence-electron chi connectivity index (χ4n) is 3.87. The second kappa shape index (κ2) is 8.99. The Morgan fingerprint density at radius 1 is 0.794 bits per heavy atom. The van der Waals surface area contributed by atoms with Gasteiger partial charge >= 0.3 is 0 Å². The number of nitro benzene ring substituents is 1. The molecule has 34 heavy (non-hydrogen) atoms. The number of hydrogen-bond acceptors (Lipinski definition) is 5. The van der Waals surface area contributed by atoms with Gasteiger partial charge in [0.25, 0.3) is 11.6 Å². The average Bonchev–Trinajstić information content (AvgIpc) is 3.20. The number of ether oxygens (including phenoxy) is 1. The van der Waals surface area contributed by atoms with Gasteiger partial charge in [0.15, 0.2) is 0 Å². The van der Waals surface area contributed by atoms with Gasteiger partial charge < -0.3 is 4.74 Å². The van der Waals surface area contributed by atoms with Gasteiger partial charge in [0.05, 0.1) is 10.6 Å². The van der Waals surface area contributed by atoms with Crippen LogP contribution in [0.25, 0.3) is 11.1 Å². The fraction of sp³-hybridized carbons (Fsp3) is 0.0370. The number of nitrogens with one attached hydrogen (secondary N) is 1. The fourth-order valence-corrected chi connectivity index (χ4v) is 3.87. The monoisotopic (exact) mass is 449 g/mol. The van der Waals surface area contributed by atoms with Gasteiger partial charge in [0.2, 0.25) is 0 Å². The molecule has 0 spiro atoms. The van der Waals surface area contributed by atoms with Crippen molar-refractivity contribution in [2.45, 2.75) is 6.61 Å². The number of hydrazone groups is 1. The van der Waals surface area contributed by atoms with E-state index < -0.39 is 4.92 Å². The zero-order chi connectivity index (χ0) is 23.5. The third-order valence-electron chi connectivity index (χ3n) is 5.59. The van der Waals surface area contributed by atoms with Gasteiger partial charge in [-0.2, -0.15) is 5.10 Å². The number of amides is 1. The summed E-state index contributed by atoms with van der Waals surface area (Å²) in [6.07, 6.45) is 0. The van der Waals surface area contributed by atoms with Crippen LogP contribution in [0.3, 0.4) is 0 Å². The lowest BCUT2D eigenvalue weighted by Gasteiger charge is -2.07. The van der Waals surface area contributed by atoms with Crippen LogP contribution in [0.1, 0.15) is 27.0 Å². The first-order valence-corrected chi connectivity index (χ1v) is 10.6. The second-order valence-corrected chi connectivity index (χ2v) is 7.73. The molecule has 0 bridgehead atoms. The van der Waals surface area contributed by atoms with E-state index in [1.807, 2.05) is 36.4 Å². The van der Waals surface area contributed by atoms with E-state index in [2.05, 4.69) is 22.7 Å². The maximum atomic E-state index is 12.7. The molecule has 1 N–H and O–H groups in total. The lowest BCUT2D eigenvalue weighted by molar-refractivity contribution is -0.384. The number of rotatable bonds is 6. The van der Waals surface area contributed by atoms with Gasteiger partial charge in [-0.25, -0.2) is 5.43 Å². The molecule has 1 amide bonds. The molecule has 0 unspecified atom stereocenters. The van der Waals surface area contributed by atoms with Crippen LogP contribution in [-0.2, 0) is 6.61 Å². The molecule has 166 valence electrons. The zero-order valence-electron chi connectivity index (χ0n) is 18.0. The van der Waals surface area contributed by atoms with Crippen molar-refractivity contribution in [3.8, 4) is 16.9 Å². The molecule has 1 aliphatic rings. The van der Waals surface area contributed by atoms with Crippen LogP contribution in [0.15, 0.2) is 102 Å². The topological polar surface area (TPSA) is 93.8 Å². The minimum atomic E-state index is -0.456. The smallest absolute Gasteiger partial charge is 0.271 e. The molecule has 7 heteroatoms. The minimum Gasteiger partial charge on any atom is -0.489 e. The summed E-state index contributed by atoms with van der Waals surface area (Å²) in [6.45, 7) is 0.273. The highest BCUT2D eigenvalue weighted by molar-refractivity contribution is 6.24. The van der Waals surface area contributed by atoms with E-state index in [-0.39, 0.29) is 18.2 Å². The molecule has 0 heterocycles. The number of carbonyl (C=O) groups is 1. The lowest BCUT2D eigenvalue weighted by atomic mass is 10.1. The molecule has 7 nitrogen and oxygen atoms in total. The average molecular weight is 449 g/mol. The Morgan fingerprint density at radius 2 is 1.35 bits per heavy atom. The van der Waals surface area contributed by atoms with Gasteiger partial charge in [0, 0.05) is 28.8 Å². The van der Waals surface area contributed by atoms with E-state index in [0.717, 1.165) is 33.5 Å². The summed E-state index contributed by atoms with van der Waals surface area (Å²) in [5.74, 6) is 0.220. The van der Waals surface area contributed by atoms with Crippen molar-refractivity contribution in [3.63, 3.8) is 0 Å². The van der Waals surface area contributed by atoms with Crippen LogP contribution < -0.4 is 10.2 Å². The van der Waals surface area contributed by atoms with Crippen LogP contribution in [-0.4, -0.2) is 16.5 Å². The highest BCUT2D eigenvalue weighted by Crippen LogP contribution is 2.36. The molecule has 0 fully saturated rings. The SMILES string of the molecule is O=C(NN=C1c2ccccc2-c2ccccc21)c1ccc(COc2ccc([N+](=O)[O-])cc2)cc1. The Balaban J connectivity index is 1.25. The molecule has 0 aromatic heterocycles. The first-order valence-electron chi connectivity index (χ1n) is 10.6. The highest BCUT2D eigenvalue weighted by atomic mass is 16.6. The molecule has 0 saturated carbocycles. The van der Waals surface area contributed by atoms with Crippen LogP contribution in [0.2, 0.25) is 0 Å². The van der Waals surface area contributed by atoms with Gasteiger partial charge in [-0.15, -0.1) is 0 Å². The van der Waals surface area contributed by atoms with Gasteiger partial charge in [-0.1, -0.05) is 60.7 Å². The van der Waals surface area contributed by atoms with Crippen molar-refractivity contribution in [2.75, 3.05) is 0 Å². The molecule has 5 rings (SSSR count). The third kappa shape index (κ3) is 4.14. The molecule has 4 aromatic rings. The van der Waals surface area contributed by atoms with E-state index in [9.17, 15) is 14.9 Å². The van der Waals surface area contributed by atoms with Crippen molar-refractivity contribution in [3.05, 3.63) is 129 Å². The number of fused-ring (bicyclic) bond motifs is 3. The summed E-state index contributed by atoms with van der Waals surface area (Å²) in [4.78, 5) is 23.0. The van der Waals surface area contributed by atoms with Gasteiger partial charge in [-0.3, -0.25) is 14.9 Å². The first kappa shape index (κ1) is 21.1. The van der Waals surface area contributed by atoms with Crippen LogP contribution in [0.5, 0.6) is 5.75 Å². The summed E-state index contributed by atoms with van der Waals surface area (Å²) in [7, 11) is 0. The summed E-state index contributed by atoms with van der Waals surface area (Å²) >= 11 is 0. The third-order valence-corrected chi connectivity index (χ3v) is 5.59. The molecular formula is C27H19N3O4. The number of nitrogens with zero attached hydrogens (tertiary/aromatic N) is 2. The van der Waals surface area contributed by atoms with Crippen molar-refractivity contribution in [2.24, 2.45) is 5.10 Å². The molecule has 4 aromatic carbocycles. The summed E-state index contributed by atoms with van der Waals surface area (Å²) in [6, 6.07) is 28.9. The number of hydrogen-bond donors (Lipinski definition) is 1.